The Morgan fingerprint density at radius 3 is 2.62 bits per heavy atom. The summed E-state index contributed by atoms with van der Waals surface area (Å²) in [5.41, 5.74) is 5.01. The highest BCUT2D eigenvalue weighted by molar-refractivity contribution is 5.79. The number of carbonyl (C=O) groups excluding carboxylic acids is 1. The molecule has 0 radical (unpaired) electrons. The lowest BCUT2D eigenvalue weighted by atomic mass is 9.86. The number of piperidine rings is 1. The second kappa shape index (κ2) is 11.5. The fraction of sp³-hybridized carbons (Fsp3) is 0.577. The predicted octanol–water partition coefficient (Wildman–Crippen LogP) is 4.99. The number of aromatic nitrogens is 2. The van der Waals surface area contributed by atoms with Crippen molar-refractivity contribution in [2.45, 2.75) is 58.8 Å². The minimum absolute atomic E-state index is 0. The summed E-state index contributed by atoms with van der Waals surface area (Å²) in [5.74, 6) is 2.41. The standard InChI is InChI=1S/C26H36N4O4.H2/c1-4-33-29-25(31)22-7-5-20(6-8-22)21-9-11-23(12-10-21)32-17-19-13-15-30(16-14-19)26-27-24(18(2)3)28-34-26;/h5,9-12,18-19,22H,4,6-8,13-17H2,1-3H3,(H,29,31);1H. The Bertz CT molecular complexity index is 968. The van der Waals surface area contributed by atoms with E-state index in [4.69, 9.17) is 14.1 Å². The number of nitrogens with zero attached hydrogens (tertiary/aromatic N) is 3. The first-order valence-electron chi connectivity index (χ1n) is 12.5. The third-order valence-electron chi connectivity index (χ3n) is 6.64. The number of hydrogen-bond donors (Lipinski definition) is 1. The summed E-state index contributed by atoms with van der Waals surface area (Å²) in [4.78, 5) is 23.8. The number of ether oxygens (including phenoxy) is 1. The molecule has 8 nitrogen and oxygen atoms in total. The maximum atomic E-state index is 12.1. The molecule has 8 heteroatoms. The molecule has 34 heavy (non-hydrogen) atoms. The van der Waals surface area contributed by atoms with Crippen LogP contribution < -0.4 is 15.1 Å². The van der Waals surface area contributed by atoms with Crippen molar-refractivity contribution < 1.29 is 20.3 Å². The Morgan fingerprint density at radius 2 is 2.00 bits per heavy atom. The fourth-order valence-corrected chi connectivity index (χ4v) is 4.42. The molecule has 2 heterocycles. The molecule has 1 aromatic heterocycles. The van der Waals surface area contributed by atoms with Crippen LogP contribution in [0.2, 0.25) is 0 Å². The highest BCUT2D eigenvalue weighted by Crippen LogP contribution is 2.31. The van der Waals surface area contributed by atoms with Gasteiger partial charge in [0.05, 0.1) is 13.2 Å². The maximum absolute atomic E-state index is 12.1. The van der Waals surface area contributed by atoms with Crippen molar-refractivity contribution in [3.05, 3.63) is 41.7 Å². The number of hydrogen-bond acceptors (Lipinski definition) is 7. The van der Waals surface area contributed by atoms with Gasteiger partial charge >= 0.3 is 6.01 Å². The lowest BCUT2D eigenvalue weighted by molar-refractivity contribution is -0.137. The van der Waals surface area contributed by atoms with E-state index in [0.29, 0.717) is 25.1 Å². The van der Waals surface area contributed by atoms with Crippen molar-refractivity contribution in [3.8, 4) is 5.75 Å². The van der Waals surface area contributed by atoms with Gasteiger partial charge in [0.25, 0.3) is 0 Å². The normalized spacial score (nSPS) is 19.2. The largest absolute Gasteiger partial charge is 0.493 e. The summed E-state index contributed by atoms with van der Waals surface area (Å²) in [6, 6.07) is 8.96. The van der Waals surface area contributed by atoms with E-state index in [-0.39, 0.29) is 19.2 Å². The highest BCUT2D eigenvalue weighted by Gasteiger charge is 2.24. The van der Waals surface area contributed by atoms with Gasteiger partial charge in [0.15, 0.2) is 5.82 Å². The molecule has 1 atom stereocenters. The molecule has 1 aliphatic heterocycles. The Hall–Kier alpha value is -2.87. The van der Waals surface area contributed by atoms with E-state index in [1.165, 1.54) is 11.1 Å². The number of hydroxylamine groups is 1. The quantitative estimate of drug-likeness (QED) is 0.517. The molecule has 1 aliphatic carbocycles. The number of rotatable bonds is 9. The second-order valence-electron chi connectivity index (χ2n) is 9.46. The fourth-order valence-electron chi connectivity index (χ4n) is 4.42. The van der Waals surface area contributed by atoms with E-state index in [9.17, 15) is 4.79 Å². The third-order valence-corrected chi connectivity index (χ3v) is 6.64. The molecule has 1 N–H and O–H groups in total. The monoisotopic (exact) mass is 470 g/mol. The molecule has 2 aliphatic rings. The van der Waals surface area contributed by atoms with E-state index < -0.39 is 0 Å². The van der Waals surface area contributed by atoms with Crippen LogP contribution in [-0.4, -0.2) is 42.4 Å². The summed E-state index contributed by atoms with van der Waals surface area (Å²) in [6.07, 6.45) is 6.74. The Balaban J connectivity index is 0.00000342. The Labute approximate surface area is 203 Å². The topological polar surface area (TPSA) is 89.7 Å². The maximum Gasteiger partial charge on any atom is 0.324 e. The van der Waals surface area contributed by atoms with Gasteiger partial charge in [0.2, 0.25) is 5.91 Å². The van der Waals surface area contributed by atoms with Gasteiger partial charge in [-0.05, 0) is 68.2 Å². The first-order valence-corrected chi connectivity index (χ1v) is 12.5. The van der Waals surface area contributed by atoms with Gasteiger partial charge in [-0.25, -0.2) is 5.48 Å². The molecular weight excluding hydrogens is 432 g/mol. The van der Waals surface area contributed by atoms with Crippen molar-refractivity contribution in [3.63, 3.8) is 0 Å². The van der Waals surface area contributed by atoms with Crippen LogP contribution >= 0.6 is 0 Å². The molecule has 1 amide bonds. The third kappa shape index (κ3) is 6.17. The van der Waals surface area contributed by atoms with Gasteiger partial charge in [-0.1, -0.05) is 37.2 Å². The minimum atomic E-state index is -0.0240. The van der Waals surface area contributed by atoms with Crippen molar-refractivity contribution in [1.82, 2.24) is 15.6 Å². The average Bonchev–Trinajstić information content (AvgIpc) is 3.38. The van der Waals surface area contributed by atoms with Gasteiger partial charge in [0.1, 0.15) is 5.75 Å². The van der Waals surface area contributed by atoms with Crippen LogP contribution in [0.4, 0.5) is 6.01 Å². The molecule has 1 unspecified atom stereocenters. The van der Waals surface area contributed by atoms with Crippen molar-refractivity contribution in [1.29, 1.82) is 0 Å². The molecule has 1 fully saturated rings. The molecule has 0 spiro atoms. The summed E-state index contributed by atoms with van der Waals surface area (Å²) >= 11 is 0. The molecular formula is C26H38N4O4. The first-order chi connectivity index (χ1) is 16.5. The number of allylic oxidation sites excluding steroid dienone is 2. The second-order valence-corrected chi connectivity index (χ2v) is 9.46. The molecule has 0 bridgehead atoms. The van der Waals surface area contributed by atoms with Gasteiger partial charge < -0.3 is 14.2 Å². The Kier molecular flexibility index (Phi) is 8.21. The molecule has 1 aromatic carbocycles. The summed E-state index contributed by atoms with van der Waals surface area (Å²) < 4.78 is 11.5. The van der Waals surface area contributed by atoms with Crippen LogP contribution in [0.25, 0.3) is 5.57 Å². The van der Waals surface area contributed by atoms with Gasteiger partial charge in [-0.3, -0.25) is 9.63 Å². The molecule has 0 saturated carbocycles. The summed E-state index contributed by atoms with van der Waals surface area (Å²) in [7, 11) is 0. The number of carbonyl (C=O) groups is 1. The van der Waals surface area contributed by atoms with E-state index in [0.717, 1.165) is 56.8 Å². The lowest BCUT2D eigenvalue weighted by Gasteiger charge is -2.30. The zero-order chi connectivity index (χ0) is 23.9. The smallest absolute Gasteiger partial charge is 0.324 e. The molecule has 4 rings (SSSR count). The van der Waals surface area contributed by atoms with Crippen molar-refractivity contribution in [2.75, 3.05) is 31.2 Å². The number of anilines is 1. The first kappa shape index (κ1) is 24.3. The van der Waals surface area contributed by atoms with E-state index in [1.54, 1.807) is 0 Å². The minimum Gasteiger partial charge on any atom is -0.493 e. The van der Waals surface area contributed by atoms with E-state index in [1.807, 2.05) is 19.1 Å². The van der Waals surface area contributed by atoms with E-state index in [2.05, 4.69) is 52.6 Å². The van der Waals surface area contributed by atoms with Crippen LogP contribution in [0, 0.1) is 11.8 Å². The number of nitrogens with one attached hydrogen (secondary N) is 1. The van der Waals surface area contributed by atoms with Crippen LogP contribution in [0.1, 0.15) is 71.6 Å². The summed E-state index contributed by atoms with van der Waals surface area (Å²) in [5, 5.41) is 4.07. The summed E-state index contributed by atoms with van der Waals surface area (Å²) in [6.45, 7) is 9.00. The number of amides is 1. The van der Waals surface area contributed by atoms with E-state index >= 15 is 0 Å². The number of benzene rings is 1. The predicted molar refractivity (Wildman–Crippen MR) is 132 cm³/mol. The van der Waals surface area contributed by atoms with Gasteiger partial charge in [0, 0.05) is 26.4 Å². The average molecular weight is 471 g/mol. The molecule has 186 valence electrons. The zero-order valence-corrected chi connectivity index (χ0v) is 20.5. The zero-order valence-electron chi connectivity index (χ0n) is 20.5. The van der Waals surface area contributed by atoms with Crippen LogP contribution in [-0.2, 0) is 9.63 Å². The van der Waals surface area contributed by atoms with Crippen LogP contribution in [0.15, 0.2) is 34.9 Å². The van der Waals surface area contributed by atoms with Gasteiger partial charge in [-0.15, -0.1) is 0 Å². The SMILES string of the molecule is CCONC(=O)C1CC=C(c2ccc(OCC3CCN(c4nc(C(C)C)no4)CC3)cc2)CC1.[HH]. The lowest BCUT2D eigenvalue weighted by Crippen LogP contribution is -2.35. The van der Waals surface area contributed by atoms with Crippen molar-refractivity contribution >= 4 is 17.5 Å². The van der Waals surface area contributed by atoms with Crippen LogP contribution in [0.3, 0.4) is 0 Å². The highest BCUT2D eigenvalue weighted by atomic mass is 16.6. The van der Waals surface area contributed by atoms with Crippen molar-refractivity contribution in [2.24, 2.45) is 11.8 Å². The van der Waals surface area contributed by atoms with Gasteiger partial charge in [-0.2, -0.15) is 4.98 Å². The molecule has 1 saturated heterocycles. The Morgan fingerprint density at radius 1 is 1.24 bits per heavy atom. The molecule has 2 aromatic rings. The van der Waals surface area contributed by atoms with Crippen LogP contribution in [0.5, 0.6) is 5.75 Å².